The Labute approximate surface area is 229 Å². The molecular weight excluding hydrogens is 524 g/mol. The van der Waals surface area contributed by atoms with Crippen LogP contribution in [0.2, 0.25) is 0 Å². The number of fused-ring (bicyclic) bond motifs is 1. The van der Waals surface area contributed by atoms with Gasteiger partial charge >= 0.3 is 6.36 Å². The highest BCUT2D eigenvalue weighted by molar-refractivity contribution is 5.96. The van der Waals surface area contributed by atoms with Gasteiger partial charge in [0.05, 0.1) is 11.4 Å². The zero-order chi connectivity index (χ0) is 28.6. The molecule has 210 valence electrons. The molecule has 0 spiro atoms. The molecule has 0 amide bonds. The van der Waals surface area contributed by atoms with Crippen molar-refractivity contribution in [3.8, 4) is 5.75 Å². The number of halogens is 4. The zero-order valence-electron chi connectivity index (χ0n) is 22.5. The number of pyridine rings is 1. The van der Waals surface area contributed by atoms with Crippen molar-refractivity contribution in [2.45, 2.75) is 46.0 Å². The first-order chi connectivity index (χ1) is 19.0. The van der Waals surface area contributed by atoms with Crippen LogP contribution in [0.25, 0.3) is 5.65 Å². The van der Waals surface area contributed by atoms with Crippen LogP contribution in [0.3, 0.4) is 0 Å². The fourth-order valence-corrected chi connectivity index (χ4v) is 5.34. The van der Waals surface area contributed by atoms with Crippen LogP contribution in [-0.4, -0.2) is 47.2 Å². The molecule has 2 aromatic heterocycles. The highest BCUT2D eigenvalue weighted by Gasteiger charge is 2.31. The summed E-state index contributed by atoms with van der Waals surface area (Å²) in [5.74, 6) is -0.654. The summed E-state index contributed by atoms with van der Waals surface area (Å²) < 4.78 is 58.3. The summed E-state index contributed by atoms with van der Waals surface area (Å²) in [5.41, 5.74) is 5.00. The molecule has 10 heteroatoms. The number of Topliss-reactive ketones (excluding diaryl/α,β-unsaturated/α-hetero) is 1. The van der Waals surface area contributed by atoms with Crippen LogP contribution in [0.15, 0.2) is 60.8 Å². The Hall–Kier alpha value is -4.08. The summed E-state index contributed by atoms with van der Waals surface area (Å²) >= 11 is 0. The van der Waals surface area contributed by atoms with Crippen LogP contribution < -0.4 is 14.5 Å². The average Bonchev–Trinajstić information content (AvgIpc) is 3.22. The maximum absolute atomic E-state index is 15.2. The summed E-state index contributed by atoms with van der Waals surface area (Å²) in [7, 11) is 0. The molecule has 3 heterocycles. The van der Waals surface area contributed by atoms with Gasteiger partial charge < -0.3 is 14.5 Å². The van der Waals surface area contributed by atoms with Crippen molar-refractivity contribution >= 4 is 22.8 Å². The van der Waals surface area contributed by atoms with Gasteiger partial charge in [-0.3, -0.25) is 9.20 Å². The summed E-state index contributed by atoms with van der Waals surface area (Å²) in [6.07, 6.45) is -2.19. The molecule has 0 N–H and O–H groups in total. The van der Waals surface area contributed by atoms with E-state index in [2.05, 4.69) is 14.6 Å². The third-order valence-corrected chi connectivity index (χ3v) is 7.23. The van der Waals surface area contributed by atoms with E-state index >= 15 is 4.39 Å². The van der Waals surface area contributed by atoms with Crippen molar-refractivity contribution in [3.63, 3.8) is 0 Å². The van der Waals surface area contributed by atoms with Gasteiger partial charge in [0.2, 0.25) is 0 Å². The number of ether oxygens (including phenoxy) is 1. The second-order valence-electron chi connectivity index (χ2n) is 10.2. The van der Waals surface area contributed by atoms with E-state index in [4.69, 9.17) is 0 Å². The van der Waals surface area contributed by atoms with E-state index in [1.807, 2.05) is 54.5 Å². The minimum atomic E-state index is -4.73. The van der Waals surface area contributed by atoms with Crippen molar-refractivity contribution in [3.05, 3.63) is 89.1 Å². The first kappa shape index (κ1) is 27.5. The monoisotopic (exact) mass is 554 g/mol. The van der Waals surface area contributed by atoms with Crippen molar-refractivity contribution < 1.29 is 27.1 Å². The van der Waals surface area contributed by atoms with E-state index in [1.54, 1.807) is 18.2 Å². The second kappa shape index (κ2) is 10.8. The molecule has 0 radical (unpaired) electrons. The van der Waals surface area contributed by atoms with Gasteiger partial charge in [0.15, 0.2) is 5.78 Å². The lowest BCUT2D eigenvalue weighted by Crippen LogP contribution is -2.52. The Morgan fingerprint density at radius 1 is 1.05 bits per heavy atom. The van der Waals surface area contributed by atoms with Crippen LogP contribution in [0.1, 0.15) is 40.7 Å². The van der Waals surface area contributed by atoms with Gasteiger partial charge in [-0.1, -0.05) is 12.1 Å². The first-order valence-electron chi connectivity index (χ1n) is 13.1. The molecule has 0 saturated carbocycles. The molecule has 1 fully saturated rings. The van der Waals surface area contributed by atoms with Gasteiger partial charge in [0.1, 0.15) is 22.9 Å². The number of anilines is 2. The van der Waals surface area contributed by atoms with Crippen LogP contribution in [0.5, 0.6) is 5.75 Å². The van der Waals surface area contributed by atoms with Gasteiger partial charge in [-0.2, -0.15) is 0 Å². The summed E-state index contributed by atoms with van der Waals surface area (Å²) in [6.45, 7) is 7.45. The number of hydrogen-bond acceptors (Lipinski definition) is 5. The number of imidazole rings is 1. The normalized spacial score (nSPS) is 16.0. The number of carbonyl (C=O) groups is 1. The van der Waals surface area contributed by atoms with Gasteiger partial charge in [0, 0.05) is 44.0 Å². The molecule has 1 atom stereocenters. The quantitative estimate of drug-likeness (QED) is 0.192. The Morgan fingerprint density at radius 3 is 2.48 bits per heavy atom. The van der Waals surface area contributed by atoms with E-state index in [0.717, 1.165) is 22.5 Å². The minimum absolute atomic E-state index is 0.00260. The van der Waals surface area contributed by atoms with E-state index in [0.29, 0.717) is 43.1 Å². The molecule has 4 aromatic rings. The van der Waals surface area contributed by atoms with Crippen molar-refractivity contribution in [1.82, 2.24) is 9.38 Å². The summed E-state index contributed by atoms with van der Waals surface area (Å²) in [5, 5.41) is 0. The number of rotatable bonds is 7. The number of piperazine rings is 1. The van der Waals surface area contributed by atoms with Crippen molar-refractivity contribution in [2.75, 3.05) is 29.4 Å². The molecule has 2 aromatic carbocycles. The second-order valence-corrected chi connectivity index (χ2v) is 10.2. The van der Waals surface area contributed by atoms with Crippen LogP contribution >= 0.6 is 0 Å². The third-order valence-electron chi connectivity index (χ3n) is 7.23. The average molecular weight is 555 g/mol. The Balaban J connectivity index is 1.21. The van der Waals surface area contributed by atoms with E-state index in [-0.39, 0.29) is 29.8 Å². The minimum Gasteiger partial charge on any atom is -0.406 e. The number of aryl methyl sites for hydroxylation is 3. The molecule has 0 unspecified atom stereocenters. The number of nitrogens with zero attached hydrogens (tertiary/aromatic N) is 4. The molecule has 1 aliphatic rings. The lowest BCUT2D eigenvalue weighted by atomic mass is 10.0. The van der Waals surface area contributed by atoms with Crippen LogP contribution in [0, 0.1) is 19.7 Å². The number of alkyl halides is 3. The fourth-order valence-electron chi connectivity index (χ4n) is 5.34. The number of hydrogen-bond donors (Lipinski definition) is 0. The molecular formula is C30H30F4N4O2. The molecule has 40 heavy (non-hydrogen) atoms. The maximum Gasteiger partial charge on any atom is 0.573 e. The molecule has 0 bridgehead atoms. The molecule has 1 saturated heterocycles. The summed E-state index contributed by atoms with van der Waals surface area (Å²) in [4.78, 5) is 21.6. The third kappa shape index (κ3) is 5.90. The Morgan fingerprint density at radius 2 is 1.80 bits per heavy atom. The standard InChI is InChI=1S/C30H30F4N4O2/c1-19-4-13-28-35-21(3)29(38(28)17-19)27(39)12-6-22-5-11-26(25(31)16-22)36-14-15-37(20(2)18-36)23-7-9-24(10-8-23)40-30(32,33)34/h4-5,7-11,13,16-17,20H,6,12,14-15,18H2,1-3H3/t20-/m0/s1. The van der Waals surface area contributed by atoms with Crippen molar-refractivity contribution in [2.24, 2.45) is 0 Å². The molecule has 5 rings (SSSR count). The van der Waals surface area contributed by atoms with E-state index < -0.39 is 6.36 Å². The largest absolute Gasteiger partial charge is 0.573 e. The number of aromatic nitrogens is 2. The van der Waals surface area contributed by atoms with Gasteiger partial charge in [-0.25, -0.2) is 9.37 Å². The molecule has 0 aliphatic carbocycles. The van der Waals surface area contributed by atoms with Gasteiger partial charge in [0.25, 0.3) is 0 Å². The number of ketones is 1. The van der Waals surface area contributed by atoms with Crippen LogP contribution in [-0.2, 0) is 6.42 Å². The fraction of sp³-hybridized carbons (Fsp3) is 0.333. The van der Waals surface area contributed by atoms with Gasteiger partial charge in [-0.15, -0.1) is 13.2 Å². The zero-order valence-corrected chi connectivity index (χ0v) is 22.5. The molecule has 1 aliphatic heterocycles. The van der Waals surface area contributed by atoms with Crippen LogP contribution in [0.4, 0.5) is 28.9 Å². The van der Waals surface area contributed by atoms with Crippen molar-refractivity contribution in [1.29, 1.82) is 0 Å². The highest BCUT2D eigenvalue weighted by atomic mass is 19.4. The Bertz CT molecular complexity index is 1530. The topological polar surface area (TPSA) is 50.1 Å². The Kier molecular flexibility index (Phi) is 7.44. The summed E-state index contributed by atoms with van der Waals surface area (Å²) in [6, 6.07) is 14.7. The number of carbonyl (C=O) groups excluding carboxylic acids is 1. The smallest absolute Gasteiger partial charge is 0.406 e. The van der Waals surface area contributed by atoms with E-state index in [9.17, 15) is 18.0 Å². The predicted octanol–water partition coefficient (Wildman–Crippen LogP) is 6.52. The first-order valence-corrected chi connectivity index (χ1v) is 13.1. The lowest BCUT2D eigenvalue weighted by Gasteiger charge is -2.42. The van der Waals surface area contributed by atoms with Gasteiger partial charge in [-0.05, 0) is 80.8 Å². The maximum atomic E-state index is 15.2. The lowest BCUT2D eigenvalue weighted by molar-refractivity contribution is -0.274. The molecule has 6 nitrogen and oxygen atoms in total. The predicted molar refractivity (Wildman–Crippen MR) is 146 cm³/mol. The number of benzene rings is 2. The highest BCUT2D eigenvalue weighted by Crippen LogP contribution is 2.30. The van der Waals surface area contributed by atoms with E-state index in [1.165, 1.54) is 18.2 Å². The SMILES string of the molecule is Cc1ccc2nc(C)c(C(=O)CCc3ccc(N4CCN(c5ccc(OC(F)(F)F)cc5)[C@@H](C)C4)c(F)c3)n2c1.